The normalized spacial score (nSPS) is 20.9. The Balaban J connectivity index is 1.74. The summed E-state index contributed by atoms with van der Waals surface area (Å²) < 4.78 is 6.05. The van der Waals surface area contributed by atoms with Crippen LogP contribution in [0.25, 0.3) is 0 Å². The van der Waals surface area contributed by atoms with Crippen LogP contribution in [0.3, 0.4) is 0 Å². The van der Waals surface area contributed by atoms with Gasteiger partial charge in [-0.1, -0.05) is 59.1 Å². The number of unbranched alkanes of at least 4 members (excludes halogenated alkanes) is 3. The van der Waals surface area contributed by atoms with Crippen LogP contribution in [-0.4, -0.2) is 17.5 Å². The predicted octanol–water partition coefficient (Wildman–Crippen LogP) is 6.34. The van der Waals surface area contributed by atoms with Crippen molar-refractivity contribution in [3.05, 3.63) is 54.3 Å². The van der Waals surface area contributed by atoms with Gasteiger partial charge in [-0.3, -0.25) is 0 Å². The second kappa shape index (κ2) is 9.78. The van der Waals surface area contributed by atoms with Gasteiger partial charge in [-0.05, 0) is 38.0 Å². The molecule has 0 amide bonds. The van der Waals surface area contributed by atoms with E-state index in [0.717, 1.165) is 36.2 Å². The molecule has 0 aliphatic heterocycles. The molecular weight excluding hydrogens is 352 g/mol. The van der Waals surface area contributed by atoms with Crippen LogP contribution < -0.4 is 0 Å². The van der Waals surface area contributed by atoms with E-state index in [2.05, 4.69) is 45.2 Å². The van der Waals surface area contributed by atoms with Gasteiger partial charge in [0.2, 0.25) is 0 Å². The summed E-state index contributed by atoms with van der Waals surface area (Å²) in [4.78, 5) is 0. The molecule has 0 bridgehead atoms. The van der Waals surface area contributed by atoms with Gasteiger partial charge in [0.25, 0.3) is 0 Å². The Kier molecular flexibility index (Phi) is 7.69. The molecule has 0 spiro atoms. The third-order valence-corrected chi connectivity index (χ3v) is 4.38. The van der Waals surface area contributed by atoms with Crippen LogP contribution in [0.15, 0.2) is 64.5 Å². The Morgan fingerprint density at radius 2 is 1.87 bits per heavy atom. The maximum atomic E-state index is 6.05. The molecule has 1 unspecified atom stereocenters. The maximum Gasteiger partial charge on any atom is 0.0873 e. The molecule has 1 atom stereocenters. The molecule has 0 fully saturated rings. The van der Waals surface area contributed by atoms with Gasteiger partial charge in [-0.25, -0.2) is 0 Å². The first kappa shape index (κ1) is 18.1. The fraction of sp³-hybridized carbons (Fsp3) is 0.474. The number of nitrogens with zero attached hydrogens (tertiary/aromatic N) is 2. The van der Waals surface area contributed by atoms with Crippen LogP contribution in [0, 0.1) is 0 Å². The lowest BCUT2D eigenvalue weighted by molar-refractivity contribution is 0.00466. The molecule has 0 saturated carbocycles. The third-order valence-electron chi connectivity index (χ3n) is 3.82. The number of ether oxygens (including phenoxy) is 1. The van der Waals surface area contributed by atoms with Crippen molar-refractivity contribution in [3.63, 3.8) is 0 Å². The molecule has 124 valence electrons. The van der Waals surface area contributed by atoms with Gasteiger partial charge in [-0.15, -0.1) is 0 Å². The van der Waals surface area contributed by atoms with Gasteiger partial charge in [0.15, 0.2) is 0 Å². The first-order valence-electron chi connectivity index (χ1n) is 8.28. The third kappa shape index (κ3) is 6.80. The van der Waals surface area contributed by atoms with E-state index < -0.39 is 0 Å². The minimum absolute atomic E-state index is 0.207. The van der Waals surface area contributed by atoms with E-state index in [9.17, 15) is 0 Å². The zero-order valence-corrected chi connectivity index (χ0v) is 15.3. The minimum atomic E-state index is -0.207. The molecule has 0 heterocycles. The number of azo groups is 1. The summed E-state index contributed by atoms with van der Waals surface area (Å²) in [6, 6.07) is 9.78. The number of allylic oxidation sites excluding steroid dienone is 1. The van der Waals surface area contributed by atoms with E-state index in [1.165, 1.54) is 19.3 Å². The van der Waals surface area contributed by atoms with Gasteiger partial charge >= 0.3 is 0 Å². The summed E-state index contributed by atoms with van der Waals surface area (Å²) in [7, 11) is 0. The molecule has 2 rings (SSSR count). The van der Waals surface area contributed by atoms with Gasteiger partial charge in [0, 0.05) is 18.4 Å². The van der Waals surface area contributed by atoms with Crippen molar-refractivity contribution in [1.82, 2.24) is 0 Å². The van der Waals surface area contributed by atoms with Crippen LogP contribution in [0.2, 0.25) is 0 Å². The number of halogens is 1. The summed E-state index contributed by atoms with van der Waals surface area (Å²) in [6.45, 7) is 2.95. The monoisotopic (exact) mass is 376 g/mol. The zero-order valence-electron chi connectivity index (χ0n) is 13.7. The van der Waals surface area contributed by atoms with E-state index in [0.29, 0.717) is 0 Å². The van der Waals surface area contributed by atoms with Crippen molar-refractivity contribution >= 4 is 21.6 Å². The Morgan fingerprint density at radius 3 is 2.57 bits per heavy atom. The molecule has 1 aromatic carbocycles. The van der Waals surface area contributed by atoms with E-state index >= 15 is 0 Å². The molecule has 0 saturated heterocycles. The van der Waals surface area contributed by atoms with Crippen molar-refractivity contribution in [1.29, 1.82) is 0 Å². The fourth-order valence-electron chi connectivity index (χ4n) is 2.35. The van der Waals surface area contributed by atoms with Crippen LogP contribution in [0.4, 0.5) is 5.69 Å². The molecule has 1 aliphatic rings. The standard InChI is InChI=1S/C19H25BrN2O/c1-19(23-16-8-3-2-7-15-20)13-11-18(12-14-19)22-21-17-9-5-4-6-10-17/h4-6,9-13H,2-3,7-8,14-16H2,1H3. The number of rotatable bonds is 9. The number of alkyl halides is 1. The van der Waals surface area contributed by atoms with Crippen molar-refractivity contribution in [2.75, 3.05) is 11.9 Å². The number of hydrogen-bond acceptors (Lipinski definition) is 3. The summed E-state index contributed by atoms with van der Waals surface area (Å²) in [6.07, 6.45) is 11.9. The molecule has 0 radical (unpaired) electrons. The Labute approximate surface area is 147 Å². The van der Waals surface area contributed by atoms with E-state index in [-0.39, 0.29) is 5.60 Å². The topological polar surface area (TPSA) is 34.0 Å². The molecule has 0 N–H and O–H groups in total. The Morgan fingerprint density at radius 1 is 1.09 bits per heavy atom. The highest BCUT2D eigenvalue weighted by molar-refractivity contribution is 9.09. The first-order valence-corrected chi connectivity index (χ1v) is 9.40. The van der Waals surface area contributed by atoms with E-state index in [1.54, 1.807) is 0 Å². The highest BCUT2D eigenvalue weighted by Gasteiger charge is 2.23. The maximum absolute atomic E-state index is 6.05. The van der Waals surface area contributed by atoms with Gasteiger partial charge in [0.05, 0.1) is 17.0 Å². The van der Waals surface area contributed by atoms with Gasteiger partial charge in [0.1, 0.15) is 0 Å². The summed E-state index contributed by atoms with van der Waals surface area (Å²) in [5.74, 6) is 0. The summed E-state index contributed by atoms with van der Waals surface area (Å²) in [5.41, 5.74) is 1.56. The van der Waals surface area contributed by atoms with Gasteiger partial charge in [-0.2, -0.15) is 10.2 Å². The quantitative estimate of drug-likeness (QED) is 0.281. The molecule has 1 aliphatic carbocycles. The van der Waals surface area contributed by atoms with Crippen molar-refractivity contribution < 1.29 is 4.74 Å². The van der Waals surface area contributed by atoms with Crippen LogP contribution in [0.1, 0.15) is 39.0 Å². The van der Waals surface area contributed by atoms with E-state index in [1.807, 2.05) is 36.4 Å². The number of hydrogen-bond donors (Lipinski definition) is 0. The first-order chi connectivity index (χ1) is 11.2. The SMILES string of the molecule is CC1(OCCCCCCBr)C=CC(N=Nc2ccccc2)=CC1. The predicted molar refractivity (Wildman–Crippen MR) is 99.4 cm³/mol. The average Bonchev–Trinajstić information content (AvgIpc) is 2.59. The van der Waals surface area contributed by atoms with Gasteiger partial charge < -0.3 is 4.74 Å². The second-order valence-corrected chi connectivity index (χ2v) is 6.76. The van der Waals surface area contributed by atoms with Crippen LogP contribution in [0.5, 0.6) is 0 Å². The molecular formula is C19H25BrN2O. The zero-order chi connectivity index (χ0) is 16.4. The van der Waals surface area contributed by atoms with Crippen LogP contribution >= 0.6 is 15.9 Å². The lowest BCUT2D eigenvalue weighted by Gasteiger charge is -2.27. The molecule has 0 aromatic heterocycles. The second-order valence-electron chi connectivity index (χ2n) is 5.97. The van der Waals surface area contributed by atoms with Crippen molar-refractivity contribution in [2.24, 2.45) is 10.2 Å². The fourth-order valence-corrected chi connectivity index (χ4v) is 2.75. The van der Waals surface area contributed by atoms with Crippen molar-refractivity contribution in [2.45, 2.75) is 44.6 Å². The van der Waals surface area contributed by atoms with Crippen LogP contribution in [-0.2, 0) is 4.74 Å². The summed E-state index contributed by atoms with van der Waals surface area (Å²) in [5, 5.41) is 9.63. The highest BCUT2D eigenvalue weighted by Crippen LogP contribution is 2.26. The molecule has 1 aromatic rings. The summed E-state index contributed by atoms with van der Waals surface area (Å²) >= 11 is 3.46. The van der Waals surface area contributed by atoms with E-state index in [4.69, 9.17) is 4.74 Å². The lowest BCUT2D eigenvalue weighted by Crippen LogP contribution is -2.27. The Hall–Kier alpha value is -1.26. The largest absolute Gasteiger partial charge is 0.371 e. The minimum Gasteiger partial charge on any atom is -0.371 e. The molecule has 23 heavy (non-hydrogen) atoms. The highest BCUT2D eigenvalue weighted by atomic mass is 79.9. The lowest BCUT2D eigenvalue weighted by atomic mass is 9.96. The number of benzene rings is 1. The smallest absolute Gasteiger partial charge is 0.0873 e. The molecule has 3 nitrogen and oxygen atoms in total. The average molecular weight is 377 g/mol. The molecule has 4 heteroatoms. The van der Waals surface area contributed by atoms with Crippen molar-refractivity contribution in [3.8, 4) is 0 Å². The Bertz CT molecular complexity index is 554.